The van der Waals surface area contributed by atoms with Gasteiger partial charge in [-0.2, -0.15) is 4.98 Å². The normalized spacial score (nSPS) is 17.6. The van der Waals surface area contributed by atoms with Gasteiger partial charge in [0, 0.05) is 19.2 Å². The monoisotopic (exact) mass is 437 g/mol. The average molecular weight is 438 g/mol. The van der Waals surface area contributed by atoms with Crippen LogP contribution in [0.5, 0.6) is 0 Å². The molecule has 2 rings (SSSR count). The number of aromatic nitrogens is 2. The summed E-state index contributed by atoms with van der Waals surface area (Å²) in [5.41, 5.74) is 7.30. The largest absolute Gasteiger partial charge is 0.465 e. The molecule has 0 radical (unpaired) electrons. The van der Waals surface area contributed by atoms with Gasteiger partial charge in [-0.1, -0.05) is 41.5 Å². The first-order valence-corrected chi connectivity index (χ1v) is 16.8. The summed E-state index contributed by atoms with van der Waals surface area (Å²) in [6.45, 7) is 24.7. The molecule has 1 saturated heterocycles. The first-order valence-electron chi connectivity index (χ1n) is 11.0. The molecule has 1 aliphatic heterocycles. The van der Waals surface area contributed by atoms with E-state index in [0.29, 0.717) is 5.95 Å². The van der Waals surface area contributed by atoms with Crippen LogP contribution in [0.1, 0.15) is 60.8 Å². The van der Waals surface area contributed by atoms with Crippen molar-refractivity contribution < 1.29 is 4.53 Å². The summed E-state index contributed by atoms with van der Waals surface area (Å²) in [5.74, 6) is 1.32. The SMILES string of the molecule is CC(C)(C)[Si](C)(C)/N=c1\cc(N2CCCCC2)nc(N)n1O[Si](C)(C)C(C)(C)C. The summed E-state index contributed by atoms with van der Waals surface area (Å²) in [7, 11) is -4.06. The van der Waals surface area contributed by atoms with Crippen molar-refractivity contribution >= 4 is 28.3 Å². The van der Waals surface area contributed by atoms with Crippen LogP contribution in [0.2, 0.25) is 36.3 Å². The fourth-order valence-electron chi connectivity index (χ4n) is 2.76. The first-order chi connectivity index (χ1) is 13.1. The molecule has 1 fully saturated rings. The molecule has 0 atom stereocenters. The average Bonchev–Trinajstić information content (AvgIpc) is 2.56. The van der Waals surface area contributed by atoms with E-state index in [9.17, 15) is 0 Å². The van der Waals surface area contributed by atoms with Crippen molar-refractivity contribution in [3.05, 3.63) is 11.6 Å². The second-order valence-electron chi connectivity index (χ2n) is 11.4. The summed E-state index contributed by atoms with van der Waals surface area (Å²) in [4.78, 5) is 7.07. The van der Waals surface area contributed by atoms with Crippen molar-refractivity contribution in [2.75, 3.05) is 23.7 Å². The van der Waals surface area contributed by atoms with Gasteiger partial charge in [-0.3, -0.25) is 0 Å². The number of anilines is 2. The van der Waals surface area contributed by atoms with Gasteiger partial charge in [0.1, 0.15) is 5.82 Å². The molecule has 0 amide bonds. The molecule has 0 aliphatic carbocycles. The van der Waals surface area contributed by atoms with Gasteiger partial charge in [0.15, 0.2) is 13.7 Å². The summed E-state index contributed by atoms with van der Waals surface area (Å²) in [6, 6.07) is 2.09. The van der Waals surface area contributed by atoms with Crippen molar-refractivity contribution in [1.82, 2.24) is 9.71 Å². The van der Waals surface area contributed by atoms with Crippen molar-refractivity contribution in [3.8, 4) is 0 Å². The predicted molar refractivity (Wildman–Crippen MR) is 129 cm³/mol. The standard InChI is InChI=1S/C21H43N5OSi2/c1-20(2,3)28(7,8)24-18-16-17(25-14-12-11-13-15-25)23-19(22)26(18)27-29(9,10)21(4,5)6/h16H,11-15H2,1-10H3,(H2,22,23)/b24-18+. The second-order valence-corrected chi connectivity index (χ2v) is 21.0. The number of nitrogens with two attached hydrogens (primary N) is 1. The van der Waals surface area contributed by atoms with Crippen LogP contribution in [0, 0.1) is 0 Å². The molecule has 8 heteroatoms. The molecule has 0 spiro atoms. The second kappa shape index (κ2) is 8.09. The van der Waals surface area contributed by atoms with Crippen LogP contribution >= 0.6 is 0 Å². The lowest BCUT2D eigenvalue weighted by Gasteiger charge is -2.37. The fourth-order valence-corrected chi connectivity index (χ4v) is 4.74. The van der Waals surface area contributed by atoms with E-state index in [-0.39, 0.29) is 10.1 Å². The molecule has 166 valence electrons. The van der Waals surface area contributed by atoms with Crippen LogP contribution in [-0.2, 0) is 0 Å². The van der Waals surface area contributed by atoms with Gasteiger partial charge in [-0.05, 0) is 55.5 Å². The molecule has 6 nitrogen and oxygen atoms in total. The van der Waals surface area contributed by atoms with Gasteiger partial charge in [0.2, 0.25) is 5.95 Å². The third-order valence-corrected chi connectivity index (χ3v) is 15.6. The highest BCUT2D eigenvalue weighted by Gasteiger charge is 2.41. The van der Waals surface area contributed by atoms with Gasteiger partial charge in [0.25, 0.3) is 8.32 Å². The lowest BCUT2D eigenvalue weighted by atomic mass is 10.1. The van der Waals surface area contributed by atoms with E-state index in [2.05, 4.69) is 78.7 Å². The van der Waals surface area contributed by atoms with Crippen LogP contribution in [0.15, 0.2) is 10.7 Å². The number of nitrogens with zero attached hydrogens (tertiary/aromatic N) is 4. The van der Waals surface area contributed by atoms with E-state index in [0.717, 1.165) is 24.4 Å². The van der Waals surface area contributed by atoms with E-state index in [1.54, 1.807) is 4.73 Å². The lowest BCUT2D eigenvalue weighted by Crippen LogP contribution is -2.52. The minimum atomic E-state index is -2.10. The zero-order chi connectivity index (χ0) is 22.3. The van der Waals surface area contributed by atoms with Crippen LogP contribution in [0.3, 0.4) is 0 Å². The molecule has 0 bridgehead atoms. The summed E-state index contributed by atoms with van der Waals surface area (Å²) >= 11 is 0. The quantitative estimate of drug-likeness (QED) is 0.687. The van der Waals surface area contributed by atoms with E-state index < -0.39 is 16.6 Å². The van der Waals surface area contributed by atoms with Crippen molar-refractivity contribution in [2.24, 2.45) is 4.66 Å². The molecule has 0 saturated carbocycles. The van der Waals surface area contributed by atoms with E-state index in [1.165, 1.54) is 19.3 Å². The highest BCUT2D eigenvalue weighted by molar-refractivity contribution is 6.78. The third-order valence-electron chi connectivity index (χ3n) is 6.94. The van der Waals surface area contributed by atoms with Crippen LogP contribution < -0.4 is 20.6 Å². The van der Waals surface area contributed by atoms with Gasteiger partial charge in [-0.15, -0.1) is 4.73 Å². The topological polar surface area (TPSA) is 68.7 Å². The zero-order valence-electron chi connectivity index (χ0n) is 20.4. The van der Waals surface area contributed by atoms with E-state index >= 15 is 0 Å². The minimum Gasteiger partial charge on any atom is -0.465 e. The Morgan fingerprint density at radius 3 is 2.00 bits per heavy atom. The molecule has 2 heterocycles. The van der Waals surface area contributed by atoms with E-state index in [4.69, 9.17) is 19.9 Å². The predicted octanol–water partition coefficient (Wildman–Crippen LogP) is 4.80. The number of hydrogen-bond acceptors (Lipinski definition) is 5. The Hall–Kier alpha value is -1.29. The number of piperidine rings is 1. The first kappa shape index (κ1) is 24.0. The third kappa shape index (κ3) is 5.45. The Bertz CT molecular complexity index is 782. The Morgan fingerprint density at radius 1 is 0.966 bits per heavy atom. The van der Waals surface area contributed by atoms with Gasteiger partial charge >= 0.3 is 0 Å². The number of nitrogen functional groups attached to an aromatic ring is 1. The van der Waals surface area contributed by atoms with Crippen LogP contribution in [-0.4, -0.2) is 39.4 Å². The maximum Gasteiger partial charge on any atom is 0.284 e. The number of hydrogen-bond donors (Lipinski definition) is 1. The van der Waals surface area contributed by atoms with Gasteiger partial charge < -0.3 is 19.8 Å². The highest BCUT2D eigenvalue weighted by Crippen LogP contribution is 2.37. The Kier molecular flexibility index (Phi) is 6.70. The Morgan fingerprint density at radius 2 is 1.52 bits per heavy atom. The fraction of sp³-hybridized carbons (Fsp3) is 0.810. The molecule has 1 aromatic heterocycles. The van der Waals surface area contributed by atoms with Crippen molar-refractivity contribution in [1.29, 1.82) is 0 Å². The number of rotatable bonds is 4. The maximum absolute atomic E-state index is 6.61. The molecule has 2 N–H and O–H groups in total. The lowest BCUT2D eigenvalue weighted by molar-refractivity contribution is 0.238. The van der Waals surface area contributed by atoms with Crippen LogP contribution in [0.25, 0.3) is 0 Å². The Balaban J connectivity index is 2.66. The molecular formula is C21H43N5OSi2. The zero-order valence-corrected chi connectivity index (χ0v) is 22.4. The molecule has 0 unspecified atom stereocenters. The maximum atomic E-state index is 6.61. The van der Waals surface area contributed by atoms with Crippen molar-refractivity contribution in [2.45, 2.75) is 97.1 Å². The molecule has 1 aliphatic rings. The summed E-state index contributed by atoms with van der Waals surface area (Å²) in [6.07, 6.45) is 3.69. The summed E-state index contributed by atoms with van der Waals surface area (Å²) < 4.78 is 13.6. The highest BCUT2D eigenvalue weighted by atomic mass is 28.4. The molecule has 0 aromatic carbocycles. The Labute approximate surface area is 179 Å². The van der Waals surface area contributed by atoms with Gasteiger partial charge in [0.05, 0.1) is 0 Å². The van der Waals surface area contributed by atoms with Gasteiger partial charge in [-0.25, -0.2) is 0 Å². The minimum absolute atomic E-state index is 0.0617. The molecular weight excluding hydrogens is 394 g/mol. The molecule has 29 heavy (non-hydrogen) atoms. The molecule has 1 aromatic rings. The summed E-state index contributed by atoms with van der Waals surface area (Å²) in [5, 5.41) is 0.192. The smallest absolute Gasteiger partial charge is 0.284 e. The van der Waals surface area contributed by atoms with E-state index in [1.807, 2.05) is 0 Å². The van der Waals surface area contributed by atoms with Crippen LogP contribution in [0.4, 0.5) is 11.8 Å². The van der Waals surface area contributed by atoms with Crippen molar-refractivity contribution in [3.63, 3.8) is 0 Å².